The quantitative estimate of drug-likeness (QED) is 0.111. The lowest BCUT2D eigenvalue weighted by Crippen LogP contribution is -2.63. The van der Waals surface area contributed by atoms with Gasteiger partial charge in [0.2, 0.25) is 5.91 Å². The second-order valence-corrected chi connectivity index (χ2v) is 11.2. The number of carbonyl (C=O) groups is 1. The third-order valence-electron chi connectivity index (χ3n) is 8.51. The van der Waals surface area contributed by atoms with Gasteiger partial charge >= 0.3 is 0 Å². The van der Waals surface area contributed by atoms with E-state index in [0.29, 0.717) is 0 Å². The molecule has 242 valence electrons. The van der Waals surface area contributed by atoms with Crippen molar-refractivity contribution in [2.75, 3.05) is 26.8 Å². The second-order valence-electron chi connectivity index (χ2n) is 11.2. The normalized spacial score (nSPS) is 43.9. The van der Waals surface area contributed by atoms with E-state index in [1.807, 2.05) is 0 Å². The molecule has 0 saturated heterocycles. The van der Waals surface area contributed by atoms with Crippen molar-refractivity contribution in [1.29, 1.82) is 0 Å². The summed E-state index contributed by atoms with van der Waals surface area (Å²) in [5, 5.41) is 81.6. The van der Waals surface area contributed by atoms with Gasteiger partial charge in [-0.1, -0.05) is 0 Å². The van der Waals surface area contributed by atoms with Crippen LogP contribution in [0.25, 0.3) is 0 Å². The highest BCUT2D eigenvalue weighted by Crippen LogP contribution is 2.34. The molecule has 2 unspecified atom stereocenters. The Morgan fingerprint density at radius 3 is 1.98 bits per heavy atom. The topological polar surface area (TPSA) is 313 Å². The van der Waals surface area contributed by atoms with Crippen LogP contribution >= 0.6 is 0 Å². The minimum Gasteiger partial charge on any atom is -0.400 e. The van der Waals surface area contributed by atoms with Gasteiger partial charge in [0.15, 0.2) is 0 Å². The van der Waals surface area contributed by atoms with Crippen molar-refractivity contribution in [1.82, 2.24) is 5.32 Å². The molecule has 0 aromatic rings. The zero-order chi connectivity index (χ0) is 31.0. The summed E-state index contributed by atoms with van der Waals surface area (Å²) in [5.41, 5.74) is 23.6. The van der Waals surface area contributed by atoms with Crippen LogP contribution in [0, 0.1) is 11.8 Å². The molecule has 16 heteroatoms. The molecule has 3 fully saturated rings. The van der Waals surface area contributed by atoms with E-state index >= 15 is 0 Å². The van der Waals surface area contributed by atoms with E-state index in [0.717, 1.165) is 7.11 Å². The maximum absolute atomic E-state index is 12.6. The number of aliphatic hydroxyl groups excluding tert-OH is 8. The van der Waals surface area contributed by atoms with Crippen molar-refractivity contribution >= 4 is 5.91 Å². The van der Waals surface area contributed by atoms with Gasteiger partial charge in [0, 0.05) is 38.0 Å². The summed E-state index contributed by atoms with van der Waals surface area (Å²) in [6.45, 7) is -0.200. The van der Waals surface area contributed by atoms with E-state index in [1.54, 1.807) is 0 Å². The van der Waals surface area contributed by atoms with Gasteiger partial charge in [0.25, 0.3) is 0 Å². The molecule has 0 heterocycles. The Morgan fingerprint density at radius 1 is 0.805 bits per heavy atom. The number of nitrogens with two attached hydrogens (primary N) is 4. The first kappa shape index (κ1) is 36.1. The van der Waals surface area contributed by atoms with Crippen molar-refractivity contribution in [2.45, 2.75) is 111 Å². The van der Waals surface area contributed by atoms with Gasteiger partial charge in [-0.25, -0.2) is 0 Å². The van der Waals surface area contributed by atoms with Gasteiger partial charge in [-0.05, 0) is 38.8 Å². The summed E-state index contributed by atoms with van der Waals surface area (Å²) < 4.78 is 12.4. The van der Waals surface area contributed by atoms with E-state index in [9.17, 15) is 40.5 Å². The fourth-order valence-electron chi connectivity index (χ4n) is 5.95. The Bertz CT molecular complexity index is 784. The van der Waals surface area contributed by atoms with Gasteiger partial charge in [-0.3, -0.25) is 4.79 Å². The monoisotopic (exact) mass is 597 g/mol. The molecule has 0 aromatic carbocycles. The Balaban J connectivity index is 0.00000287. The highest BCUT2D eigenvalue weighted by molar-refractivity contribution is 5.80. The fourth-order valence-corrected chi connectivity index (χ4v) is 5.95. The van der Waals surface area contributed by atoms with Crippen LogP contribution in [0.15, 0.2) is 0 Å². The van der Waals surface area contributed by atoms with Gasteiger partial charge in [0.1, 0.15) is 18.3 Å². The van der Waals surface area contributed by atoms with Crippen molar-refractivity contribution in [3.63, 3.8) is 0 Å². The van der Waals surface area contributed by atoms with Crippen LogP contribution in [0.3, 0.4) is 0 Å². The summed E-state index contributed by atoms with van der Waals surface area (Å²) in [6, 6.07) is -2.43. The van der Waals surface area contributed by atoms with E-state index in [-0.39, 0.29) is 51.8 Å². The highest BCUT2D eigenvalue weighted by atomic mass is 16.5. The maximum Gasteiger partial charge on any atom is 0.249 e. The largest absolute Gasteiger partial charge is 0.400 e. The molecule has 0 bridgehead atoms. The Kier molecular flexibility index (Phi) is 14.7. The van der Waals surface area contributed by atoms with E-state index < -0.39 is 96.9 Å². The molecule has 3 aliphatic carbocycles. The zero-order valence-electron chi connectivity index (χ0n) is 23.4. The van der Waals surface area contributed by atoms with Crippen molar-refractivity contribution in [3.05, 3.63) is 0 Å². The first-order valence-electron chi connectivity index (χ1n) is 14.1. The molecule has 0 aromatic heterocycles. The minimum atomic E-state index is -1.46. The first-order valence-corrected chi connectivity index (χ1v) is 14.1. The summed E-state index contributed by atoms with van der Waals surface area (Å²) in [7, 11) is 1.00. The summed E-state index contributed by atoms with van der Waals surface area (Å²) in [4.78, 5) is 12.6. The van der Waals surface area contributed by atoms with E-state index in [4.69, 9.17) is 37.5 Å². The number of hydrogen-bond donors (Lipinski definition) is 13. The predicted octanol–water partition coefficient (Wildman–Crippen LogP) is -6.46. The molecule has 0 aliphatic heterocycles. The van der Waals surface area contributed by atoms with Crippen LogP contribution in [0.4, 0.5) is 0 Å². The molecular formula is C25H51N5O11. The summed E-state index contributed by atoms with van der Waals surface area (Å²) in [5.74, 6) is -1.80. The van der Waals surface area contributed by atoms with E-state index in [1.165, 1.54) is 0 Å². The average Bonchev–Trinajstić information content (AvgIpc) is 2.96. The summed E-state index contributed by atoms with van der Waals surface area (Å²) in [6.07, 6.45) is -10.5. The van der Waals surface area contributed by atoms with Gasteiger partial charge in [-0.2, -0.15) is 0 Å². The van der Waals surface area contributed by atoms with Crippen molar-refractivity contribution < 1.29 is 55.1 Å². The summed E-state index contributed by atoms with van der Waals surface area (Å²) >= 11 is 0. The van der Waals surface area contributed by atoms with Crippen LogP contribution in [0.5, 0.6) is 0 Å². The molecule has 1 amide bonds. The van der Waals surface area contributed by atoms with Crippen LogP contribution < -0.4 is 28.3 Å². The van der Waals surface area contributed by atoms with Gasteiger partial charge < -0.3 is 78.6 Å². The maximum atomic E-state index is 12.6. The molecule has 0 radical (unpaired) electrons. The molecule has 17 N–H and O–H groups in total. The third-order valence-corrected chi connectivity index (χ3v) is 8.51. The number of rotatable bonds is 10. The van der Waals surface area contributed by atoms with Crippen LogP contribution in [0.2, 0.25) is 0 Å². The number of amides is 1. The molecule has 3 saturated carbocycles. The first-order chi connectivity index (χ1) is 19.4. The van der Waals surface area contributed by atoms with Crippen LogP contribution in [-0.2, 0) is 14.3 Å². The number of hydrogen-bond acceptors (Lipinski definition) is 15. The van der Waals surface area contributed by atoms with Gasteiger partial charge in [0.05, 0.1) is 54.8 Å². The lowest BCUT2D eigenvalue weighted by atomic mass is 9.79. The predicted molar refractivity (Wildman–Crippen MR) is 145 cm³/mol. The molecule has 41 heavy (non-hydrogen) atoms. The minimum absolute atomic E-state index is 0.0458. The SMILES string of the molecule is CO.NCCC(O)C(=O)N[C@@H]1C[C@H](N)[C@@H](OC2C[C@H](CN)[C@@H](O)[C@H](O)[C@H]2O)C[C@H]1O[C@H]1C[C@H](CO)[C@@H](O)[C@H](N)[C@H]1O. The number of nitrogens with one attached hydrogen (secondary N) is 1. The molecule has 3 aliphatic rings. The number of aliphatic hydroxyl groups is 8. The fraction of sp³-hybridized carbons (Fsp3) is 0.960. The number of ether oxygens (including phenoxy) is 2. The Hall–Kier alpha value is -1.09. The molecule has 0 spiro atoms. The van der Waals surface area contributed by atoms with Crippen molar-refractivity contribution in [2.24, 2.45) is 34.8 Å². The van der Waals surface area contributed by atoms with Crippen LogP contribution in [-0.4, -0.2) is 153 Å². The molecule has 15 atom stereocenters. The molecule has 3 rings (SSSR count). The van der Waals surface area contributed by atoms with Crippen LogP contribution in [0.1, 0.15) is 32.1 Å². The number of carbonyl (C=O) groups excluding carboxylic acids is 1. The zero-order valence-corrected chi connectivity index (χ0v) is 23.4. The Morgan fingerprint density at radius 2 is 1.39 bits per heavy atom. The third kappa shape index (κ3) is 8.73. The Labute approximate surface area is 239 Å². The van der Waals surface area contributed by atoms with E-state index in [2.05, 4.69) is 5.32 Å². The highest BCUT2D eigenvalue weighted by Gasteiger charge is 2.48. The lowest BCUT2D eigenvalue weighted by molar-refractivity contribution is -0.204. The second kappa shape index (κ2) is 16.7. The van der Waals surface area contributed by atoms with Gasteiger partial charge in [-0.15, -0.1) is 0 Å². The molecular weight excluding hydrogens is 546 g/mol. The average molecular weight is 598 g/mol. The standard InChI is InChI=1S/C24H47N5O10.CH4O/c25-2-1-13(31)24(37)29-12-5-11(27)14(38-17-3-9(7-26)20(33)23(36)22(17)35)6-15(12)39-16-4-10(8-30)19(32)18(28)21(16)34;1-2/h9-23,30-36H,1-8,25-28H2,(H,29,37);2H,1H3/t9-,10-,11+,12-,13?,14+,15-,16+,17?,18+,19-,20-,21+,22+,23+;/m1./s1. The molecule has 16 nitrogen and oxygen atoms in total. The smallest absolute Gasteiger partial charge is 0.249 e. The lowest BCUT2D eigenvalue weighted by Gasteiger charge is -2.47. The van der Waals surface area contributed by atoms with Crippen molar-refractivity contribution in [3.8, 4) is 0 Å².